The van der Waals surface area contributed by atoms with Crippen LogP contribution in [0.15, 0.2) is 36.4 Å². The molecule has 0 saturated heterocycles. The summed E-state index contributed by atoms with van der Waals surface area (Å²) in [7, 11) is 1.63. The van der Waals surface area contributed by atoms with Crippen LogP contribution in [0.2, 0.25) is 0 Å². The maximum atomic E-state index is 11.0. The van der Waals surface area contributed by atoms with Crippen molar-refractivity contribution in [2.45, 2.75) is 20.4 Å². The molecule has 0 heterocycles. The number of ether oxygens (including phenoxy) is 1. The first kappa shape index (κ1) is 14.8. The van der Waals surface area contributed by atoms with Gasteiger partial charge in [-0.3, -0.25) is 10.1 Å². The summed E-state index contributed by atoms with van der Waals surface area (Å²) in [5.41, 5.74) is 3.67. The molecular formula is C16H18N2O3. The Kier molecular flexibility index (Phi) is 4.42. The molecule has 0 unspecified atom stereocenters. The Bertz CT molecular complexity index is 651. The molecule has 2 rings (SSSR count). The second-order valence-electron chi connectivity index (χ2n) is 4.91. The molecule has 0 saturated carbocycles. The van der Waals surface area contributed by atoms with Crippen molar-refractivity contribution in [3.8, 4) is 5.75 Å². The van der Waals surface area contributed by atoms with Gasteiger partial charge in [0.15, 0.2) is 0 Å². The van der Waals surface area contributed by atoms with Crippen molar-refractivity contribution in [3.63, 3.8) is 0 Å². The predicted molar refractivity (Wildman–Crippen MR) is 82.9 cm³/mol. The minimum Gasteiger partial charge on any atom is -0.497 e. The lowest BCUT2D eigenvalue weighted by Crippen LogP contribution is -2.03. The van der Waals surface area contributed by atoms with Gasteiger partial charge in [-0.2, -0.15) is 0 Å². The third-order valence-corrected chi connectivity index (χ3v) is 3.38. The Balaban J connectivity index is 2.15. The van der Waals surface area contributed by atoms with E-state index in [1.165, 1.54) is 0 Å². The lowest BCUT2D eigenvalue weighted by atomic mass is 10.1. The second-order valence-corrected chi connectivity index (χ2v) is 4.91. The van der Waals surface area contributed by atoms with E-state index in [1.807, 2.05) is 37.3 Å². The van der Waals surface area contributed by atoms with E-state index in [0.29, 0.717) is 12.1 Å². The first-order valence-corrected chi connectivity index (χ1v) is 6.63. The van der Waals surface area contributed by atoms with Crippen LogP contribution in [0.1, 0.15) is 16.7 Å². The van der Waals surface area contributed by atoms with Crippen molar-refractivity contribution >= 4 is 11.4 Å². The van der Waals surface area contributed by atoms with Crippen LogP contribution in [0, 0.1) is 24.0 Å². The van der Waals surface area contributed by atoms with Gasteiger partial charge in [0.25, 0.3) is 5.69 Å². The molecule has 0 radical (unpaired) electrons. The number of nitrogens with zero attached hydrogens (tertiary/aromatic N) is 1. The zero-order valence-corrected chi connectivity index (χ0v) is 12.3. The third kappa shape index (κ3) is 3.51. The molecule has 0 fully saturated rings. The molecule has 110 valence electrons. The fraction of sp³-hybridized carbons (Fsp3) is 0.250. The quantitative estimate of drug-likeness (QED) is 0.670. The third-order valence-electron chi connectivity index (χ3n) is 3.38. The monoisotopic (exact) mass is 286 g/mol. The van der Waals surface area contributed by atoms with Gasteiger partial charge in [0.1, 0.15) is 5.75 Å². The number of hydrogen-bond acceptors (Lipinski definition) is 4. The summed E-state index contributed by atoms with van der Waals surface area (Å²) in [6.45, 7) is 4.29. The van der Waals surface area contributed by atoms with Crippen molar-refractivity contribution in [2.24, 2.45) is 0 Å². The Morgan fingerprint density at radius 3 is 2.38 bits per heavy atom. The Morgan fingerprint density at radius 1 is 1.14 bits per heavy atom. The molecule has 2 aromatic rings. The molecule has 0 bridgehead atoms. The van der Waals surface area contributed by atoms with Crippen molar-refractivity contribution < 1.29 is 9.66 Å². The standard InChI is InChI=1S/C16H18N2O3/c1-11-8-12(2)16(18(19)20)9-15(11)17-10-13-4-6-14(21-3)7-5-13/h4-9,17H,10H2,1-3H3. The maximum Gasteiger partial charge on any atom is 0.274 e. The number of nitrogens with one attached hydrogen (secondary N) is 1. The van der Waals surface area contributed by atoms with Gasteiger partial charge in [-0.05, 0) is 43.2 Å². The smallest absolute Gasteiger partial charge is 0.274 e. The second kappa shape index (κ2) is 6.26. The molecule has 2 aromatic carbocycles. The molecule has 0 aliphatic heterocycles. The van der Waals surface area contributed by atoms with Gasteiger partial charge in [0, 0.05) is 23.9 Å². The first-order chi connectivity index (χ1) is 10.0. The largest absolute Gasteiger partial charge is 0.497 e. The summed E-state index contributed by atoms with van der Waals surface area (Å²) in [5.74, 6) is 0.806. The molecule has 0 aromatic heterocycles. The van der Waals surface area contributed by atoms with E-state index in [0.717, 1.165) is 22.6 Å². The Labute approximate surface area is 123 Å². The highest BCUT2D eigenvalue weighted by atomic mass is 16.6. The van der Waals surface area contributed by atoms with Crippen LogP contribution in [-0.2, 0) is 6.54 Å². The van der Waals surface area contributed by atoms with Gasteiger partial charge in [-0.1, -0.05) is 12.1 Å². The molecule has 0 amide bonds. The van der Waals surface area contributed by atoms with Gasteiger partial charge in [-0.25, -0.2) is 0 Å². The zero-order valence-electron chi connectivity index (χ0n) is 12.3. The average molecular weight is 286 g/mol. The summed E-state index contributed by atoms with van der Waals surface area (Å²) in [5, 5.41) is 14.2. The van der Waals surface area contributed by atoms with Gasteiger partial charge >= 0.3 is 0 Å². The molecule has 5 heteroatoms. The van der Waals surface area contributed by atoms with Crippen molar-refractivity contribution in [2.75, 3.05) is 12.4 Å². The number of anilines is 1. The molecule has 0 aliphatic rings. The Hall–Kier alpha value is -2.56. The van der Waals surface area contributed by atoms with Gasteiger partial charge in [0.05, 0.1) is 12.0 Å². The summed E-state index contributed by atoms with van der Waals surface area (Å²) in [4.78, 5) is 10.6. The lowest BCUT2D eigenvalue weighted by Gasteiger charge is -2.11. The minimum atomic E-state index is -0.354. The van der Waals surface area contributed by atoms with E-state index >= 15 is 0 Å². The summed E-state index contributed by atoms with van der Waals surface area (Å²) >= 11 is 0. The highest BCUT2D eigenvalue weighted by Crippen LogP contribution is 2.26. The number of methoxy groups -OCH3 is 1. The highest BCUT2D eigenvalue weighted by molar-refractivity contribution is 5.60. The number of benzene rings is 2. The van der Waals surface area contributed by atoms with Crippen LogP contribution in [0.4, 0.5) is 11.4 Å². The van der Waals surface area contributed by atoms with Crippen LogP contribution in [0.3, 0.4) is 0 Å². The number of hydrogen-bond donors (Lipinski definition) is 1. The fourth-order valence-corrected chi connectivity index (χ4v) is 2.17. The van der Waals surface area contributed by atoms with Crippen LogP contribution >= 0.6 is 0 Å². The maximum absolute atomic E-state index is 11.0. The van der Waals surface area contributed by atoms with Crippen LogP contribution in [-0.4, -0.2) is 12.0 Å². The molecule has 0 spiro atoms. The Morgan fingerprint density at radius 2 is 1.81 bits per heavy atom. The first-order valence-electron chi connectivity index (χ1n) is 6.63. The van der Waals surface area contributed by atoms with Crippen molar-refractivity contribution in [1.29, 1.82) is 0 Å². The van der Waals surface area contributed by atoms with E-state index in [1.54, 1.807) is 20.1 Å². The average Bonchev–Trinajstić information content (AvgIpc) is 2.46. The highest BCUT2D eigenvalue weighted by Gasteiger charge is 2.13. The van der Waals surface area contributed by atoms with Crippen LogP contribution in [0.5, 0.6) is 5.75 Å². The molecule has 5 nitrogen and oxygen atoms in total. The van der Waals surface area contributed by atoms with Gasteiger partial charge in [-0.15, -0.1) is 0 Å². The lowest BCUT2D eigenvalue weighted by molar-refractivity contribution is -0.385. The number of aryl methyl sites for hydroxylation is 2. The van der Waals surface area contributed by atoms with Crippen LogP contribution in [0.25, 0.3) is 0 Å². The molecule has 0 atom stereocenters. The van der Waals surface area contributed by atoms with Gasteiger partial charge in [0.2, 0.25) is 0 Å². The van der Waals surface area contributed by atoms with E-state index in [2.05, 4.69) is 5.32 Å². The predicted octanol–water partition coefficient (Wildman–Crippen LogP) is 3.83. The summed E-state index contributed by atoms with van der Waals surface area (Å²) in [6.07, 6.45) is 0. The van der Waals surface area contributed by atoms with Crippen LogP contribution < -0.4 is 10.1 Å². The fourth-order valence-electron chi connectivity index (χ4n) is 2.17. The van der Waals surface area contributed by atoms with Crippen molar-refractivity contribution in [3.05, 3.63) is 63.2 Å². The molecule has 21 heavy (non-hydrogen) atoms. The minimum absolute atomic E-state index is 0.137. The van der Waals surface area contributed by atoms with E-state index in [-0.39, 0.29) is 10.6 Å². The number of nitro benzene ring substituents is 1. The number of nitro groups is 1. The normalized spacial score (nSPS) is 10.2. The summed E-state index contributed by atoms with van der Waals surface area (Å²) in [6, 6.07) is 11.1. The number of rotatable bonds is 5. The SMILES string of the molecule is COc1ccc(CNc2cc([N+](=O)[O-])c(C)cc2C)cc1. The summed E-state index contributed by atoms with van der Waals surface area (Å²) < 4.78 is 5.11. The van der Waals surface area contributed by atoms with E-state index < -0.39 is 0 Å². The van der Waals surface area contributed by atoms with E-state index in [4.69, 9.17) is 4.74 Å². The molecule has 0 aliphatic carbocycles. The zero-order chi connectivity index (χ0) is 15.4. The molecular weight excluding hydrogens is 268 g/mol. The molecule has 1 N–H and O–H groups in total. The topological polar surface area (TPSA) is 64.4 Å². The van der Waals surface area contributed by atoms with E-state index in [9.17, 15) is 10.1 Å². The van der Waals surface area contributed by atoms with Gasteiger partial charge < -0.3 is 10.1 Å². The van der Waals surface area contributed by atoms with Crippen molar-refractivity contribution in [1.82, 2.24) is 0 Å².